The van der Waals surface area contributed by atoms with Gasteiger partial charge in [-0.2, -0.15) is 5.10 Å². The molecular formula is C21H24N4O4. The molecule has 2 aliphatic rings. The average molecular weight is 396 g/mol. The number of carbonyl (C=O) groups is 2. The van der Waals surface area contributed by atoms with Crippen molar-refractivity contribution in [3.05, 3.63) is 54.0 Å². The smallest absolute Gasteiger partial charge is 0.257 e. The molecule has 0 radical (unpaired) electrons. The average Bonchev–Trinajstić information content (AvgIpc) is 3.38. The number of nitrogens with one attached hydrogen (secondary N) is 1. The van der Waals surface area contributed by atoms with Crippen molar-refractivity contribution in [3.8, 4) is 0 Å². The van der Waals surface area contributed by atoms with E-state index in [0.29, 0.717) is 37.6 Å². The molecule has 0 saturated carbocycles. The molecule has 2 aliphatic heterocycles. The van der Waals surface area contributed by atoms with Crippen molar-refractivity contribution in [2.45, 2.75) is 19.4 Å². The lowest BCUT2D eigenvalue weighted by molar-refractivity contribution is -0.135. The van der Waals surface area contributed by atoms with Gasteiger partial charge in [0.15, 0.2) is 0 Å². The van der Waals surface area contributed by atoms with Crippen molar-refractivity contribution in [2.75, 3.05) is 38.2 Å². The highest BCUT2D eigenvalue weighted by atomic mass is 16.5. The van der Waals surface area contributed by atoms with Gasteiger partial charge in [0.05, 0.1) is 31.7 Å². The normalized spacial score (nSPS) is 19.8. The summed E-state index contributed by atoms with van der Waals surface area (Å²) in [5, 5.41) is 8.97. The van der Waals surface area contributed by atoms with Gasteiger partial charge in [-0.3, -0.25) is 14.5 Å². The Balaban J connectivity index is 1.57. The molecule has 1 aromatic heterocycles. The number of hydrazone groups is 1. The van der Waals surface area contributed by atoms with Crippen molar-refractivity contribution < 1.29 is 18.7 Å². The van der Waals surface area contributed by atoms with Gasteiger partial charge in [0.1, 0.15) is 11.8 Å². The van der Waals surface area contributed by atoms with Gasteiger partial charge >= 0.3 is 0 Å². The number of rotatable bonds is 5. The van der Waals surface area contributed by atoms with Gasteiger partial charge in [0, 0.05) is 32.1 Å². The summed E-state index contributed by atoms with van der Waals surface area (Å²) in [5.74, 6) is 0.504. The summed E-state index contributed by atoms with van der Waals surface area (Å²) < 4.78 is 11.0. The van der Waals surface area contributed by atoms with Crippen LogP contribution in [0.4, 0.5) is 5.69 Å². The van der Waals surface area contributed by atoms with Crippen molar-refractivity contribution in [2.24, 2.45) is 5.10 Å². The fourth-order valence-electron chi connectivity index (χ4n) is 3.62. The second kappa shape index (κ2) is 8.59. The molecule has 1 aromatic carbocycles. The lowest BCUT2D eigenvalue weighted by atomic mass is 10.0. The van der Waals surface area contributed by atoms with Gasteiger partial charge in [-0.05, 0) is 29.8 Å². The van der Waals surface area contributed by atoms with Crippen LogP contribution in [-0.2, 0) is 14.3 Å². The van der Waals surface area contributed by atoms with Crippen molar-refractivity contribution in [1.29, 1.82) is 0 Å². The van der Waals surface area contributed by atoms with E-state index in [9.17, 15) is 9.59 Å². The monoisotopic (exact) mass is 396 g/mol. The maximum atomic E-state index is 13.0. The molecule has 1 saturated heterocycles. The summed E-state index contributed by atoms with van der Waals surface area (Å²) in [5.41, 5.74) is 2.36. The molecule has 4 rings (SSSR count). The summed E-state index contributed by atoms with van der Waals surface area (Å²) in [6, 6.07) is 10.9. The highest BCUT2D eigenvalue weighted by molar-refractivity contribution is 6.04. The molecule has 29 heavy (non-hydrogen) atoms. The molecule has 0 spiro atoms. The molecule has 1 unspecified atom stereocenters. The van der Waals surface area contributed by atoms with Crippen molar-refractivity contribution in [1.82, 2.24) is 9.91 Å². The molecule has 0 aliphatic carbocycles. The Hall–Kier alpha value is -2.97. The minimum atomic E-state index is -0.280. The number of anilines is 1. The van der Waals surface area contributed by atoms with Crippen LogP contribution in [0.2, 0.25) is 0 Å². The minimum absolute atomic E-state index is 0.0682. The number of morpholine rings is 1. The van der Waals surface area contributed by atoms with Crippen LogP contribution < -0.4 is 5.32 Å². The Morgan fingerprint density at radius 1 is 1.21 bits per heavy atom. The molecule has 1 fully saturated rings. The summed E-state index contributed by atoms with van der Waals surface area (Å²) in [7, 11) is 0. The number of furan rings is 1. The Kier molecular flexibility index (Phi) is 5.73. The zero-order valence-electron chi connectivity index (χ0n) is 16.3. The summed E-state index contributed by atoms with van der Waals surface area (Å²) in [6.45, 7) is 4.52. The maximum absolute atomic E-state index is 13.0. The molecule has 152 valence electrons. The van der Waals surface area contributed by atoms with Crippen molar-refractivity contribution in [3.63, 3.8) is 0 Å². The first-order valence-electron chi connectivity index (χ1n) is 9.71. The zero-order chi connectivity index (χ0) is 20.2. The number of amides is 2. The van der Waals surface area contributed by atoms with Crippen LogP contribution in [0.1, 0.15) is 30.7 Å². The summed E-state index contributed by atoms with van der Waals surface area (Å²) >= 11 is 0. The van der Waals surface area contributed by atoms with E-state index in [-0.39, 0.29) is 17.9 Å². The fraction of sp³-hybridized carbons (Fsp3) is 0.381. The molecule has 2 amide bonds. The van der Waals surface area contributed by atoms with Gasteiger partial charge in [0.25, 0.3) is 5.91 Å². The van der Waals surface area contributed by atoms with Gasteiger partial charge in [-0.25, -0.2) is 5.01 Å². The molecule has 8 heteroatoms. The largest absolute Gasteiger partial charge is 0.467 e. The van der Waals surface area contributed by atoms with Crippen LogP contribution in [0, 0.1) is 0 Å². The number of hydrogen-bond donors (Lipinski definition) is 1. The van der Waals surface area contributed by atoms with Crippen LogP contribution >= 0.6 is 0 Å². The third-order valence-electron chi connectivity index (χ3n) is 5.02. The van der Waals surface area contributed by atoms with E-state index < -0.39 is 0 Å². The quantitative estimate of drug-likeness (QED) is 0.838. The molecule has 2 aromatic rings. The van der Waals surface area contributed by atoms with Crippen LogP contribution in [0.3, 0.4) is 0 Å². The first-order chi connectivity index (χ1) is 14.1. The van der Waals surface area contributed by atoms with Crippen LogP contribution in [0.5, 0.6) is 0 Å². The second-order valence-electron chi connectivity index (χ2n) is 7.17. The maximum Gasteiger partial charge on any atom is 0.257 e. The standard InChI is InChI=1S/C21H24N4O4/c1-15(26)22-17-5-2-4-16(12-17)18-13-19(20-6-3-9-29-20)25(23-18)21(27)14-24-7-10-28-11-8-24/h2-6,9,12,19H,7-8,10-11,13-14H2,1H3,(H,22,26). The second-order valence-corrected chi connectivity index (χ2v) is 7.17. The fourth-order valence-corrected chi connectivity index (χ4v) is 3.62. The highest BCUT2D eigenvalue weighted by Gasteiger charge is 2.35. The van der Waals surface area contributed by atoms with Crippen LogP contribution in [0.15, 0.2) is 52.2 Å². The molecule has 0 bridgehead atoms. The first-order valence-corrected chi connectivity index (χ1v) is 9.71. The number of carbonyl (C=O) groups excluding carboxylic acids is 2. The van der Waals surface area contributed by atoms with E-state index >= 15 is 0 Å². The molecule has 1 atom stereocenters. The first kappa shape index (κ1) is 19.4. The number of benzene rings is 1. The highest BCUT2D eigenvalue weighted by Crippen LogP contribution is 2.33. The van der Waals surface area contributed by atoms with Crippen LogP contribution in [-0.4, -0.2) is 60.3 Å². The minimum Gasteiger partial charge on any atom is -0.467 e. The van der Waals surface area contributed by atoms with Crippen molar-refractivity contribution >= 4 is 23.2 Å². The van der Waals surface area contributed by atoms with Gasteiger partial charge < -0.3 is 14.5 Å². The zero-order valence-corrected chi connectivity index (χ0v) is 16.3. The Morgan fingerprint density at radius 2 is 2.03 bits per heavy atom. The van der Waals surface area contributed by atoms with E-state index in [1.54, 1.807) is 6.26 Å². The Bertz CT molecular complexity index is 903. The van der Waals surface area contributed by atoms with E-state index in [0.717, 1.165) is 24.4 Å². The lowest BCUT2D eigenvalue weighted by Crippen LogP contribution is -2.43. The van der Waals surface area contributed by atoms with E-state index in [4.69, 9.17) is 9.15 Å². The van der Waals surface area contributed by atoms with E-state index in [2.05, 4.69) is 15.3 Å². The third-order valence-corrected chi connectivity index (χ3v) is 5.02. The number of ether oxygens (including phenoxy) is 1. The number of hydrogen-bond acceptors (Lipinski definition) is 6. The SMILES string of the molecule is CC(=O)Nc1cccc(C2=NN(C(=O)CN3CCOCC3)C(c3ccco3)C2)c1. The van der Waals surface area contributed by atoms with E-state index in [1.165, 1.54) is 11.9 Å². The summed E-state index contributed by atoms with van der Waals surface area (Å²) in [6.07, 6.45) is 2.15. The van der Waals surface area contributed by atoms with Gasteiger partial charge in [0.2, 0.25) is 5.91 Å². The van der Waals surface area contributed by atoms with Crippen LogP contribution in [0.25, 0.3) is 0 Å². The van der Waals surface area contributed by atoms with E-state index in [1.807, 2.05) is 36.4 Å². The van der Waals surface area contributed by atoms with Gasteiger partial charge in [-0.15, -0.1) is 0 Å². The number of nitrogens with zero attached hydrogens (tertiary/aromatic N) is 3. The third kappa shape index (κ3) is 4.55. The Labute approximate surface area is 169 Å². The topological polar surface area (TPSA) is 87.4 Å². The summed E-state index contributed by atoms with van der Waals surface area (Å²) in [4.78, 5) is 26.5. The molecular weight excluding hydrogens is 372 g/mol. The Morgan fingerprint density at radius 3 is 2.76 bits per heavy atom. The lowest BCUT2D eigenvalue weighted by Gasteiger charge is -2.28. The predicted octanol–water partition coefficient (Wildman–Crippen LogP) is 2.25. The molecule has 3 heterocycles. The molecule has 8 nitrogen and oxygen atoms in total. The molecule has 1 N–H and O–H groups in total. The van der Waals surface area contributed by atoms with Gasteiger partial charge in [-0.1, -0.05) is 12.1 Å². The predicted molar refractivity (Wildman–Crippen MR) is 107 cm³/mol.